The quantitative estimate of drug-likeness (QED) is 0.572. The molecule has 0 saturated carbocycles. The molecule has 0 saturated heterocycles. The molecule has 0 radical (unpaired) electrons. The molecule has 0 aliphatic rings. The van der Waals surface area contributed by atoms with Crippen molar-refractivity contribution in [3.63, 3.8) is 0 Å². The standard InChI is InChI=1S/C20H21N3O/c1-4-23-15(3)18(17-10-5-6-11-19(17)23)13-21-22-20(24)16-9-7-8-14(2)12-16/h5-13H,4H2,1-3H3,(H,22,24)/b21-13-. The Morgan fingerprint density at radius 2 is 1.96 bits per heavy atom. The van der Waals surface area contributed by atoms with Crippen molar-refractivity contribution in [2.24, 2.45) is 5.10 Å². The lowest BCUT2D eigenvalue weighted by Crippen LogP contribution is -2.17. The summed E-state index contributed by atoms with van der Waals surface area (Å²) in [5, 5.41) is 5.31. The average Bonchev–Trinajstić information content (AvgIpc) is 2.86. The zero-order valence-corrected chi connectivity index (χ0v) is 14.2. The molecule has 1 heterocycles. The zero-order valence-electron chi connectivity index (χ0n) is 14.2. The van der Waals surface area contributed by atoms with E-state index in [1.165, 1.54) is 5.52 Å². The van der Waals surface area contributed by atoms with E-state index >= 15 is 0 Å². The normalized spacial score (nSPS) is 11.3. The van der Waals surface area contributed by atoms with E-state index in [0.29, 0.717) is 5.56 Å². The maximum absolute atomic E-state index is 12.2. The lowest BCUT2D eigenvalue weighted by molar-refractivity contribution is 0.0955. The number of para-hydroxylation sites is 1. The predicted molar refractivity (Wildman–Crippen MR) is 98.6 cm³/mol. The number of carbonyl (C=O) groups excluding carboxylic acids is 1. The molecule has 1 aromatic heterocycles. The van der Waals surface area contributed by atoms with Crippen LogP contribution in [0.5, 0.6) is 0 Å². The molecule has 122 valence electrons. The van der Waals surface area contributed by atoms with Gasteiger partial charge >= 0.3 is 0 Å². The minimum absolute atomic E-state index is 0.202. The number of nitrogens with zero attached hydrogens (tertiary/aromatic N) is 2. The van der Waals surface area contributed by atoms with Crippen LogP contribution in [0.25, 0.3) is 10.9 Å². The van der Waals surface area contributed by atoms with Crippen molar-refractivity contribution in [3.05, 3.63) is 70.9 Å². The van der Waals surface area contributed by atoms with Crippen molar-refractivity contribution < 1.29 is 4.79 Å². The van der Waals surface area contributed by atoms with E-state index in [1.807, 2.05) is 37.3 Å². The Bertz CT molecular complexity index is 922. The molecule has 0 atom stereocenters. The zero-order chi connectivity index (χ0) is 17.1. The maximum atomic E-state index is 12.2. The van der Waals surface area contributed by atoms with Gasteiger partial charge in [0.25, 0.3) is 5.91 Å². The van der Waals surface area contributed by atoms with Gasteiger partial charge in [0.1, 0.15) is 0 Å². The number of hydrogen-bond acceptors (Lipinski definition) is 2. The van der Waals surface area contributed by atoms with Gasteiger partial charge in [0.05, 0.1) is 6.21 Å². The van der Waals surface area contributed by atoms with Crippen LogP contribution in [0.15, 0.2) is 53.6 Å². The van der Waals surface area contributed by atoms with Crippen LogP contribution in [0.3, 0.4) is 0 Å². The van der Waals surface area contributed by atoms with Crippen LogP contribution in [0, 0.1) is 13.8 Å². The van der Waals surface area contributed by atoms with Gasteiger partial charge in [-0.15, -0.1) is 0 Å². The molecule has 24 heavy (non-hydrogen) atoms. The highest BCUT2D eigenvalue weighted by molar-refractivity contribution is 6.02. The number of carbonyl (C=O) groups is 1. The van der Waals surface area contributed by atoms with E-state index in [4.69, 9.17) is 0 Å². The summed E-state index contributed by atoms with van der Waals surface area (Å²) in [5.74, 6) is -0.202. The van der Waals surface area contributed by atoms with Gasteiger partial charge in [-0.25, -0.2) is 5.43 Å². The summed E-state index contributed by atoms with van der Waals surface area (Å²) < 4.78 is 2.25. The second kappa shape index (κ2) is 6.71. The molecule has 0 unspecified atom stereocenters. The Labute approximate surface area is 141 Å². The molecule has 3 aromatic rings. The number of nitrogens with one attached hydrogen (secondary N) is 1. The molecule has 0 spiro atoms. The molecule has 1 N–H and O–H groups in total. The van der Waals surface area contributed by atoms with Gasteiger partial charge in [0.2, 0.25) is 0 Å². The van der Waals surface area contributed by atoms with Crippen LogP contribution < -0.4 is 5.43 Å². The first-order chi connectivity index (χ1) is 11.6. The van der Waals surface area contributed by atoms with Crippen LogP contribution in [0.4, 0.5) is 0 Å². The Hall–Kier alpha value is -2.88. The number of aryl methyl sites for hydroxylation is 2. The molecule has 3 rings (SSSR count). The van der Waals surface area contributed by atoms with Crippen molar-refractivity contribution in [1.82, 2.24) is 9.99 Å². The van der Waals surface area contributed by atoms with Gasteiger partial charge < -0.3 is 4.57 Å². The Morgan fingerprint density at radius 1 is 1.17 bits per heavy atom. The fourth-order valence-electron chi connectivity index (χ4n) is 3.03. The first-order valence-corrected chi connectivity index (χ1v) is 8.09. The number of benzene rings is 2. The van der Waals surface area contributed by atoms with Gasteiger partial charge in [-0.3, -0.25) is 4.79 Å². The summed E-state index contributed by atoms with van der Waals surface area (Å²) in [6, 6.07) is 15.7. The fraction of sp³-hybridized carbons (Fsp3) is 0.200. The van der Waals surface area contributed by atoms with E-state index in [2.05, 4.69) is 41.1 Å². The third-order valence-electron chi connectivity index (χ3n) is 4.24. The van der Waals surface area contributed by atoms with E-state index in [-0.39, 0.29) is 5.91 Å². The third kappa shape index (κ3) is 2.95. The van der Waals surface area contributed by atoms with Crippen LogP contribution >= 0.6 is 0 Å². The topological polar surface area (TPSA) is 46.4 Å². The van der Waals surface area contributed by atoms with Crippen molar-refractivity contribution in [2.45, 2.75) is 27.3 Å². The first kappa shape index (κ1) is 16.0. The smallest absolute Gasteiger partial charge is 0.271 e. The fourth-order valence-corrected chi connectivity index (χ4v) is 3.03. The molecule has 0 aliphatic carbocycles. The second-order valence-corrected chi connectivity index (χ2v) is 5.83. The number of aromatic nitrogens is 1. The lowest BCUT2D eigenvalue weighted by Gasteiger charge is -2.03. The molecule has 0 bridgehead atoms. The summed E-state index contributed by atoms with van der Waals surface area (Å²) in [4.78, 5) is 12.2. The molecule has 1 amide bonds. The van der Waals surface area contributed by atoms with Crippen LogP contribution in [-0.2, 0) is 6.54 Å². The molecule has 0 fully saturated rings. The third-order valence-corrected chi connectivity index (χ3v) is 4.24. The van der Waals surface area contributed by atoms with Crippen molar-refractivity contribution in [2.75, 3.05) is 0 Å². The van der Waals surface area contributed by atoms with Gasteiger partial charge in [-0.1, -0.05) is 35.9 Å². The Balaban J connectivity index is 1.86. The molecule has 0 aliphatic heterocycles. The summed E-state index contributed by atoms with van der Waals surface area (Å²) in [5.41, 5.74) is 7.64. The highest BCUT2D eigenvalue weighted by Crippen LogP contribution is 2.24. The molecule has 4 heteroatoms. The molecule has 4 nitrogen and oxygen atoms in total. The summed E-state index contributed by atoms with van der Waals surface area (Å²) >= 11 is 0. The highest BCUT2D eigenvalue weighted by Gasteiger charge is 2.11. The second-order valence-electron chi connectivity index (χ2n) is 5.83. The Morgan fingerprint density at radius 3 is 2.71 bits per heavy atom. The Kier molecular flexibility index (Phi) is 4.47. The minimum Gasteiger partial charge on any atom is -0.344 e. The first-order valence-electron chi connectivity index (χ1n) is 8.09. The predicted octanol–water partition coefficient (Wildman–Crippen LogP) is 4.04. The van der Waals surface area contributed by atoms with E-state index in [0.717, 1.165) is 28.8 Å². The average molecular weight is 319 g/mol. The van der Waals surface area contributed by atoms with Crippen LogP contribution in [0.2, 0.25) is 0 Å². The van der Waals surface area contributed by atoms with Gasteiger partial charge in [-0.2, -0.15) is 5.10 Å². The van der Waals surface area contributed by atoms with Gasteiger partial charge in [0.15, 0.2) is 0 Å². The van der Waals surface area contributed by atoms with E-state index < -0.39 is 0 Å². The maximum Gasteiger partial charge on any atom is 0.271 e. The van der Waals surface area contributed by atoms with Crippen molar-refractivity contribution >= 4 is 23.0 Å². The minimum atomic E-state index is -0.202. The van der Waals surface area contributed by atoms with Gasteiger partial charge in [-0.05, 0) is 39.0 Å². The number of hydrazone groups is 1. The molecule has 2 aromatic carbocycles. The monoisotopic (exact) mass is 319 g/mol. The van der Waals surface area contributed by atoms with Gasteiger partial charge in [0, 0.05) is 34.3 Å². The summed E-state index contributed by atoms with van der Waals surface area (Å²) in [6.07, 6.45) is 1.73. The summed E-state index contributed by atoms with van der Waals surface area (Å²) in [6.45, 7) is 7.06. The number of hydrogen-bond donors (Lipinski definition) is 1. The largest absolute Gasteiger partial charge is 0.344 e. The van der Waals surface area contributed by atoms with E-state index in [9.17, 15) is 4.79 Å². The van der Waals surface area contributed by atoms with Crippen LogP contribution in [0.1, 0.15) is 34.1 Å². The summed E-state index contributed by atoms with van der Waals surface area (Å²) in [7, 11) is 0. The highest BCUT2D eigenvalue weighted by atomic mass is 16.2. The van der Waals surface area contributed by atoms with Crippen molar-refractivity contribution in [3.8, 4) is 0 Å². The SMILES string of the molecule is CCn1c(C)c(/C=N\NC(=O)c2cccc(C)c2)c2ccccc21. The molecular formula is C20H21N3O. The van der Waals surface area contributed by atoms with Crippen LogP contribution in [-0.4, -0.2) is 16.7 Å². The van der Waals surface area contributed by atoms with E-state index in [1.54, 1.807) is 12.3 Å². The molecular weight excluding hydrogens is 298 g/mol. The number of fused-ring (bicyclic) bond motifs is 1. The van der Waals surface area contributed by atoms with Crippen molar-refractivity contribution in [1.29, 1.82) is 0 Å². The number of amides is 1. The lowest BCUT2D eigenvalue weighted by atomic mass is 10.1. The number of rotatable bonds is 4.